The van der Waals surface area contributed by atoms with Gasteiger partial charge in [-0.25, -0.2) is 9.97 Å². The molecular formula is C18H27N3. The number of fused-ring (bicyclic) bond motifs is 1. The molecule has 2 saturated carbocycles. The summed E-state index contributed by atoms with van der Waals surface area (Å²) in [7, 11) is 0. The molecule has 3 aliphatic rings. The molecule has 0 aliphatic heterocycles. The van der Waals surface area contributed by atoms with Crippen molar-refractivity contribution in [1.29, 1.82) is 0 Å². The van der Waals surface area contributed by atoms with Gasteiger partial charge in [0.15, 0.2) is 0 Å². The van der Waals surface area contributed by atoms with Gasteiger partial charge in [0.2, 0.25) is 0 Å². The lowest BCUT2D eigenvalue weighted by Crippen LogP contribution is -2.29. The average molecular weight is 285 g/mol. The van der Waals surface area contributed by atoms with Crippen LogP contribution in [0.5, 0.6) is 0 Å². The summed E-state index contributed by atoms with van der Waals surface area (Å²) in [6.07, 6.45) is 12.5. The molecule has 114 valence electrons. The Morgan fingerprint density at radius 2 is 2.10 bits per heavy atom. The molecule has 3 unspecified atom stereocenters. The second kappa shape index (κ2) is 5.68. The smallest absolute Gasteiger partial charge is 0.131 e. The lowest BCUT2D eigenvalue weighted by Gasteiger charge is -2.24. The third-order valence-corrected chi connectivity index (χ3v) is 5.60. The van der Waals surface area contributed by atoms with E-state index < -0.39 is 0 Å². The molecular weight excluding hydrogens is 258 g/mol. The van der Waals surface area contributed by atoms with E-state index in [0.717, 1.165) is 30.1 Å². The first-order valence-electron chi connectivity index (χ1n) is 8.86. The average Bonchev–Trinajstić information content (AvgIpc) is 3.24. The Morgan fingerprint density at radius 1 is 1.19 bits per heavy atom. The van der Waals surface area contributed by atoms with Gasteiger partial charge in [0.25, 0.3) is 0 Å². The standard InChI is InChI=1S/C18H27N3/c1-12-2-4-14(8-12)18-20-11-15-9-13(3-7-17(15)21-18)10-19-16-5-6-16/h11-14,16,19H,2-10H2,1H3. The minimum absolute atomic E-state index is 0.625. The van der Waals surface area contributed by atoms with E-state index in [-0.39, 0.29) is 0 Å². The summed E-state index contributed by atoms with van der Waals surface area (Å²) in [4.78, 5) is 9.66. The first-order chi connectivity index (χ1) is 10.3. The monoisotopic (exact) mass is 285 g/mol. The van der Waals surface area contributed by atoms with Crippen LogP contribution in [-0.4, -0.2) is 22.6 Å². The van der Waals surface area contributed by atoms with Crippen LogP contribution in [-0.2, 0) is 12.8 Å². The van der Waals surface area contributed by atoms with E-state index in [0.29, 0.717) is 5.92 Å². The molecule has 2 fully saturated rings. The van der Waals surface area contributed by atoms with Crippen LogP contribution < -0.4 is 5.32 Å². The summed E-state index contributed by atoms with van der Waals surface area (Å²) < 4.78 is 0. The van der Waals surface area contributed by atoms with Crippen molar-refractivity contribution in [3.63, 3.8) is 0 Å². The van der Waals surface area contributed by atoms with E-state index in [2.05, 4.69) is 18.4 Å². The van der Waals surface area contributed by atoms with Crippen LogP contribution in [0.4, 0.5) is 0 Å². The number of aromatic nitrogens is 2. The quantitative estimate of drug-likeness (QED) is 0.923. The Bertz CT molecular complexity index is 509. The van der Waals surface area contributed by atoms with Crippen molar-refractivity contribution in [1.82, 2.24) is 15.3 Å². The maximum absolute atomic E-state index is 4.94. The second-order valence-electron chi connectivity index (χ2n) is 7.61. The number of nitrogens with one attached hydrogen (secondary N) is 1. The van der Waals surface area contributed by atoms with Crippen LogP contribution in [0.2, 0.25) is 0 Å². The summed E-state index contributed by atoms with van der Waals surface area (Å²) in [5, 5.41) is 3.68. The zero-order valence-electron chi connectivity index (χ0n) is 13.1. The Balaban J connectivity index is 1.41. The molecule has 1 heterocycles. The van der Waals surface area contributed by atoms with Crippen molar-refractivity contribution in [3.05, 3.63) is 23.3 Å². The third kappa shape index (κ3) is 3.13. The van der Waals surface area contributed by atoms with Gasteiger partial charge in [-0.05, 0) is 75.3 Å². The SMILES string of the molecule is CC1CCC(c2ncc3c(n2)CCC(CNC2CC2)C3)C1. The zero-order chi connectivity index (χ0) is 14.2. The third-order valence-electron chi connectivity index (χ3n) is 5.60. The molecule has 3 atom stereocenters. The van der Waals surface area contributed by atoms with Gasteiger partial charge in [0, 0.05) is 23.9 Å². The van der Waals surface area contributed by atoms with Crippen LogP contribution in [0.15, 0.2) is 6.20 Å². The van der Waals surface area contributed by atoms with Crippen LogP contribution in [0.25, 0.3) is 0 Å². The molecule has 3 nitrogen and oxygen atoms in total. The predicted octanol–water partition coefficient (Wildman–Crippen LogP) is 3.24. The summed E-state index contributed by atoms with van der Waals surface area (Å²) in [6, 6.07) is 0.828. The number of nitrogens with zero attached hydrogens (tertiary/aromatic N) is 2. The fraction of sp³-hybridized carbons (Fsp3) is 0.778. The largest absolute Gasteiger partial charge is 0.314 e. The first kappa shape index (κ1) is 13.7. The fourth-order valence-corrected chi connectivity index (χ4v) is 4.03. The maximum Gasteiger partial charge on any atom is 0.131 e. The normalized spacial score (nSPS) is 32.1. The van der Waals surface area contributed by atoms with E-state index in [1.165, 1.54) is 62.7 Å². The van der Waals surface area contributed by atoms with E-state index in [1.54, 1.807) is 0 Å². The Morgan fingerprint density at radius 3 is 2.86 bits per heavy atom. The maximum atomic E-state index is 4.94. The van der Waals surface area contributed by atoms with Gasteiger partial charge < -0.3 is 5.32 Å². The second-order valence-corrected chi connectivity index (χ2v) is 7.61. The van der Waals surface area contributed by atoms with Gasteiger partial charge in [-0.15, -0.1) is 0 Å². The molecule has 3 heteroatoms. The van der Waals surface area contributed by atoms with Crippen molar-refractivity contribution < 1.29 is 0 Å². The molecule has 0 saturated heterocycles. The molecule has 0 aromatic carbocycles. The van der Waals surface area contributed by atoms with Crippen molar-refractivity contribution in [2.24, 2.45) is 11.8 Å². The molecule has 0 spiro atoms. The van der Waals surface area contributed by atoms with Crippen LogP contribution in [0.1, 0.15) is 68.4 Å². The number of rotatable bonds is 4. The van der Waals surface area contributed by atoms with Crippen LogP contribution in [0, 0.1) is 11.8 Å². The first-order valence-corrected chi connectivity index (χ1v) is 8.86. The van der Waals surface area contributed by atoms with Gasteiger partial charge in [0.05, 0.1) is 0 Å². The highest BCUT2D eigenvalue weighted by molar-refractivity contribution is 5.22. The molecule has 3 aliphatic carbocycles. The highest BCUT2D eigenvalue weighted by atomic mass is 14.9. The molecule has 0 radical (unpaired) electrons. The van der Waals surface area contributed by atoms with Gasteiger partial charge >= 0.3 is 0 Å². The highest BCUT2D eigenvalue weighted by Crippen LogP contribution is 2.37. The predicted molar refractivity (Wildman–Crippen MR) is 84.3 cm³/mol. The van der Waals surface area contributed by atoms with Gasteiger partial charge in [-0.1, -0.05) is 6.92 Å². The molecule has 0 bridgehead atoms. The minimum Gasteiger partial charge on any atom is -0.314 e. The fourth-order valence-electron chi connectivity index (χ4n) is 4.03. The zero-order valence-corrected chi connectivity index (χ0v) is 13.1. The number of aryl methyl sites for hydroxylation is 1. The van der Waals surface area contributed by atoms with E-state index in [1.807, 2.05) is 0 Å². The summed E-state index contributed by atoms with van der Waals surface area (Å²) >= 11 is 0. The van der Waals surface area contributed by atoms with Gasteiger partial charge in [-0.3, -0.25) is 0 Å². The molecule has 4 rings (SSSR count). The summed E-state index contributed by atoms with van der Waals surface area (Å²) in [5.41, 5.74) is 2.76. The topological polar surface area (TPSA) is 37.8 Å². The van der Waals surface area contributed by atoms with Crippen molar-refractivity contribution in [2.75, 3.05) is 6.54 Å². The Hall–Kier alpha value is -0.960. The van der Waals surface area contributed by atoms with Crippen molar-refractivity contribution in [2.45, 2.75) is 70.3 Å². The van der Waals surface area contributed by atoms with Gasteiger partial charge in [0.1, 0.15) is 5.82 Å². The van der Waals surface area contributed by atoms with E-state index >= 15 is 0 Å². The summed E-state index contributed by atoms with van der Waals surface area (Å²) in [5.74, 6) is 3.40. The molecule has 1 N–H and O–H groups in total. The lowest BCUT2D eigenvalue weighted by atomic mass is 9.87. The van der Waals surface area contributed by atoms with Crippen LogP contribution in [0.3, 0.4) is 0 Å². The van der Waals surface area contributed by atoms with Crippen molar-refractivity contribution >= 4 is 0 Å². The Kier molecular flexibility index (Phi) is 3.70. The molecule has 21 heavy (non-hydrogen) atoms. The van der Waals surface area contributed by atoms with Crippen LogP contribution >= 0.6 is 0 Å². The van der Waals surface area contributed by atoms with Crippen molar-refractivity contribution in [3.8, 4) is 0 Å². The lowest BCUT2D eigenvalue weighted by molar-refractivity contribution is 0.416. The number of hydrogen-bond acceptors (Lipinski definition) is 3. The number of hydrogen-bond donors (Lipinski definition) is 1. The van der Waals surface area contributed by atoms with E-state index in [9.17, 15) is 0 Å². The highest BCUT2D eigenvalue weighted by Gasteiger charge is 2.28. The molecule has 1 aromatic rings. The summed E-state index contributed by atoms with van der Waals surface area (Å²) in [6.45, 7) is 3.54. The van der Waals surface area contributed by atoms with Gasteiger partial charge in [-0.2, -0.15) is 0 Å². The van der Waals surface area contributed by atoms with E-state index in [4.69, 9.17) is 9.97 Å². The molecule has 0 amide bonds. The minimum atomic E-state index is 0.625. The Labute approximate surface area is 128 Å². The molecule has 1 aromatic heterocycles.